The van der Waals surface area contributed by atoms with Crippen LogP contribution < -0.4 is 5.30 Å². The van der Waals surface area contributed by atoms with Gasteiger partial charge in [-0.1, -0.05) is 29.3 Å². The topological polar surface area (TPSA) is 43.4 Å². The van der Waals surface area contributed by atoms with Crippen LogP contribution in [0.3, 0.4) is 0 Å². The maximum absolute atomic E-state index is 11.6. The lowest BCUT2D eigenvalue weighted by molar-refractivity contribution is -0.137. The third-order valence-electron chi connectivity index (χ3n) is 1.75. The summed E-state index contributed by atoms with van der Waals surface area (Å²) in [6.45, 7) is 3.43. The average molecular weight is 223 g/mol. The second kappa shape index (κ2) is 6.10. The lowest BCUT2D eigenvalue weighted by Gasteiger charge is -1.94. The Bertz CT molecular complexity index is 359. The van der Waals surface area contributed by atoms with Gasteiger partial charge in [-0.2, -0.15) is 0 Å². The van der Waals surface area contributed by atoms with Crippen molar-refractivity contribution >= 4 is 19.1 Å². The Morgan fingerprint density at radius 3 is 2.67 bits per heavy atom. The van der Waals surface area contributed by atoms with Crippen LogP contribution in [-0.4, -0.2) is 18.7 Å². The largest absolute Gasteiger partial charge is 0.458 e. The van der Waals surface area contributed by atoms with E-state index in [4.69, 9.17) is 4.74 Å². The first-order valence-corrected chi connectivity index (χ1v) is 5.97. The smallest absolute Gasteiger partial charge is 0.380 e. The van der Waals surface area contributed by atoms with Crippen molar-refractivity contribution in [3.05, 3.63) is 43.0 Å². The summed E-state index contributed by atoms with van der Waals surface area (Å²) in [5, 5.41) is 0.780. The molecule has 1 aromatic carbocycles. The second-order valence-electron chi connectivity index (χ2n) is 2.81. The Morgan fingerprint density at radius 2 is 2.07 bits per heavy atom. The standard InChI is InChI=1S/C11H12O3P/c1-2-11(12)14-8-9-15(13)10-6-4-3-5-7-10/h2-7H,1,8-9H2/q+1. The molecule has 0 aliphatic heterocycles. The van der Waals surface area contributed by atoms with Gasteiger partial charge in [-0.05, 0) is 12.1 Å². The fraction of sp³-hybridized carbons (Fsp3) is 0.182. The van der Waals surface area contributed by atoms with Gasteiger partial charge in [-0.15, -0.1) is 0 Å². The van der Waals surface area contributed by atoms with Gasteiger partial charge in [-0.3, -0.25) is 0 Å². The van der Waals surface area contributed by atoms with Gasteiger partial charge >= 0.3 is 13.8 Å². The molecule has 15 heavy (non-hydrogen) atoms. The average Bonchev–Trinajstić information content (AvgIpc) is 2.29. The highest BCUT2D eigenvalue weighted by molar-refractivity contribution is 7.53. The Balaban J connectivity index is 2.37. The van der Waals surface area contributed by atoms with Gasteiger partial charge in [0.1, 0.15) is 6.61 Å². The van der Waals surface area contributed by atoms with Gasteiger partial charge in [0.2, 0.25) is 0 Å². The van der Waals surface area contributed by atoms with Crippen molar-refractivity contribution in [3.8, 4) is 0 Å². The van der Waals surface area contributed by atoms with E-state index < -0.39 is 13.8 Å². The number of carbonyl (C=O) groups is 1. The molecule has 1 rings (SSSR count). The van der Waals surface area contributed by atoms with Crippen LogP contribution in [0, 0.1) is 0 Å². The van der Waals surface area contributed by atoms with Crippen molar-refractivity contribution in [2.75, 3.05) is 12.8 Å². The first-order chi connectivity index (χ1) is 7.24. The fourth-order valence-electron chi connectivity index (χ4n) is 1.01. The SMILES string of the molecule is C=CC(=O)OCC[P+](=O)c1ccccc1. The Morgan fingerprint density at radius 1 is 1.40 bits per heavy atom. The number of carbonyl (C=O) groups excluding carboxylic acids is 1. The molecule has 1 atom stereocenters. The van der Waals surface area contributed by atoms with Crippen LogP contribution in [0.1, 0.15) is 0 Å². The number of hydrogen-bond donors (Lipinski definition) is 0. The quantitative estimate of drug-likeness (QED) is 0.434. The van der Waals surface area contributed by atoms with E-state index in [9.17, 15) is 9.36 Å². The van der Waals surface area contributed by atoms with Gasteiger partial charge in [-0.25, -0.2) is 4.79 Å². The second-order valence-corrected chi connectivity index (χ2v) is 4.53. The Hall–Kier alpha value is -1.47. The minimum Gasteiger partial charge on any atom is -0.458 e. The Labute approximate surface area is 89.5 Å². The van der Waals surface area contributed by atoms with E-state index in [1.54, 1.807) is 12.1 Å². The molecule has 78 valence electrons. The number of hydrogen-bond acceptors (Lipinski definition) is 3. The van der Waals surface area contributed by atoms with Crippen molar-refractivity contribution in [1.29, 1.82) is 0 Å². The summed E-state index contributed by atoms with van der Waals surface area (Å²) in [7, 11) is -1.47. The fourth-order valence-corrected chi connectivity index (χ4v) is 2.03. The van der Waals surface area contributed by atoms with Crippen LogP contribution in [-0.2, 0) is 14.1 Å². The van der Waals surface area contributed by atoms with Crippen molar-refractivity contribution in [1.82, 2.24) is 0 Å². The molecule has 0 saturated heterocycles. The molecule has 0 aromatic heterocycles. The molecule has 0 aliphatic rings. The molecule has 3 nitrogen and oxygen atoms in total. The summed E-state index contributed by atoms with van der Waals surface area (Å²) in [4.78, 5) is 10.7. The zero-order chi connectivity index (χ0) is 11.1. The monoisotopic (exact) mass is 223 g/mol. The normalized spacial score (nSPS) is 10.5. The number of ether oxygens (including phenoxy) is 1. The van der Waals surface area contributed by atoms with Crippen LogP contribution >= 0.6 is 7.80 Å². The van der Waals surface area contributed by atoms with Crippen molar-refractivity contribution in [2.24, 2.45) is 0 Å². The predicted octanol–water partition coefficient (Wildman–Crippen LogP) is 1.87. The molecule has 1 aromatic rings. The molecule has 0 radical (unpaired) electrons. The molecule has 0 N–H and O–H groups in total. The summed E-state index contributed by atoms with van der Waals surface area (Å²) in [5.41, 5.74) is 0. The predicted molar refractivity (Wildman–Crippen MR) is 59.7 cm³/mol. The summed E-state index contributed by atoms with van der Waals surface area (Å²) in [6, 6.07) is 9.13. The molecule has 0 bridgehead atoms. The van der Waals surface area contributed by atoms with Crippen molar-refractivity contribution in [3.63, 3.8) is 0 Å². The highest BCUT2D eigenvalue weighted by Gasteiger charge is 2.18. The molecule has 4 heteroatoms. The number of rotatable bonds is 5. The number of benzene rings is 1. The first-order valence-electron chi connectivity index (χ1n) is 4.53. The summed E-state index contributed by atoms with van der Waals surface area (Å²) in [5.74, 6) is -0.480. The van der Waals surface area contributed by atoms with Crippen LogP contribution in [0.2, 0.25) is 0 Å². The van der Waals surface area contributed by atoms with Gasteiger partial charge in [0.05, 0.1) is 0 Å². The summed E-state index contributed by atoms with van der Waals surface area (Å²) in [6.07, 6.45) is 1.44. The summed E-state index contributed by atoms with van der Waals surface area (Å²) >= 11 is 0. The molecular weight excluding hydrogens is 211 g/mol. The lowest BCUT2D eigenvalue weighted by atomic mass is 10.4. The van der Waals surface area contributed by atoms with Gasteiger partial charge in [0.15, 0.2) is 11.5 Å². The molecule has 0 saturated carbocycles. The van der Waals surface area contributed by atoms with Crippen molar-refractivity contribution < 1.29 is 14.1 Å². The van der Waals surface area contributed by atoms with Gasteiger partial charge in [0, 0.05) is 6.08 Å². The third kappa shape index (κ3) is 4.05. The molecule has 1 unspecified atom stereocenters. The van der Waals surface area contributed by atoms with Crippen molar-refractivity contribution in [2.45, 2.75) is 0 Å². The third-order valence-corrected chi connectivity index (χ3v) is 3.21. The highest BCUT2D eigenvalue weighted by Crippen LogP contribution is 2.18. The van der Waals surface area contributed by atoms with E-state index in [0.29, 0.717) is 6.16 Å². The zero-order valence-corrected chi connectivity index (χ0v) is 9.15. The van der Waals surface area contributed by atoms with Gasteiger partial charge < -0.3 is 4.74 Å². The van der Waals surface area contributed by atoms with Crippen LogP contribution in [0.25, 0.3) is 0 Å². The molecule has 0 amide bonds. The number of esters is 1. The molecule has 0 spiro atoms. The zero-order valence-electron chi connectivity index (χ0n) is 8.26. The maximum atomic E-state index is 11.6. The van der Waals surface area contributed by atoms with Gasteiger partial charge in [0.25, 0.3) is 0 Å². The van der Waals surface area contributed by atoms with E-state index >= 15 is 0 Å². The molecule has 0 fully saturated rings. The van der Waals surface area contributed by atoms with E-state index in [0.717, 1.165) is 11.4 Å². The highest BCUT2D eigenvalue weighted by atomic mass is 31.1. The van der Waals surface area contributed by atoms with Crippen LogP contribution in [0.4, 0.5) is 0 Å². The van der Waals surface area contributed by atoms with Crippen LogP contribution in [0.5, 0.6) is 0 Å². The first kappa shape index (κ1) is 11.6. The van der Waals surface area contributed by atoms with E-state index in [-0.39, 0.29) is 6.61 Å². The van der Waals surface area contributed by atoms with E-state index in [1.165, 1.54) is 0 Å². The van der Waals surface area contributed by atoms with E-state index in [2.05, 4.69) is 6.58 Å². The molecule has 0 aliphatic carbocycles. The maximum Gasteiger partial charge on any atom is 0.380 e. The minimum absolute atomic E-state index is 0.162. The van der Waals surface area contributed by atoms with E-state index in [1.807, 2.05) is 18.2 Å². The minimum atomic E-state index is -1.47. The molecular formula is C11H12O3P+. The molecule has 0 heterocycles. The lowest BCUT2D eigenvalue weighted by Crippen LogP contribution is -2.06. The summed E-state index contributed by atoms with van der Waals surface area (Å²) < 4.78 is 16.4. The van der Waals surface area contributed by atoms with Crippen LogP contribution in [0.15, 0.2) is 43.0 Å². The Kier molecular flexibility index (Phi) is 4.72.